The molecule has 1 aromatic carbocycles. The number of aliphatic carboxylic acids is 1. The second-order valence-corrected chi connectivity index (χ2v) is 4.74. The summed E-state index contributed by atoms with van der Waals surface area (Å²) in [7, 11) is 0. The lowest BCUT2D eigenvalue weighted by Gasteiger charge is -2.11. The number of carboxylic acids is 1. The van der Waals surface area contributed by atoms with Crippen molar-refractivity contribution in [2.45, 2.75) is 24.2 Å². The summed E-state index contributed by atoms with van der Waals surface area (Å²) in [6.45, 7) is 1.89. The van der Waals surface area contributed by atoms with Gasteiger partial charge < -0.3 is 5.11 Å². The summed E-state index contributed by atoms with van der Waals surface area (Å²) in [5.41, 5.74) is 0.981. The van der Waals surface area contributed by atoms with Gasteiger partial charge in [0.05, 0.1) is 6.42 Å². The number of hydrogen-bond donors (Lipinski definition) is 1. The average Bonchev–Trinajstić information content (AvgIpc) is 2.15. The molecule has 1 unspecified atom stereocenters. The molecule has 2 nitrogen and oxygen atoms in total. The van der Waals surface area contributed by atoms with Gasteiger partial charge in [0.2, 0.25) is 0 Å². The second kappa shape index (κ2) is 5.42. The van der Waals surface area contributed by atoms with E-state index in [1.165, 1.54) is 0 Å². The summed E-state index contributed by atoms with van der Waals surface area (Å²) in [6, 6.07) is 5.70. The minimum absolute atomic E-state index is 0.00731. The van der Waals surface area contributed by atoms with Crippen LogP contribution in [0.4, 0.5) is 0 Å². The first kappa shape index (κ1) is 12.4. The van der Waals surface area contributed by atoms with Gasteiger partial charge in [-0.1, -0.05) is 18.5 Å². The lowest BCUT2D eigenvalue weighted by molar-refractivity contribution is -0.137. The van der Waals surface area contributed by atoms with Gasteiger partial charge in [0, 0.05) is 9.92 Å². The van der Waals surface area contributed by atoms with E-state index in [0.717, 1.165) is 10.5 Å². The minimum Gasteiger partial charge on any atom is -0.481 e. The lowest BCUT2D eigenvalue weighted by Crippen LogP contribution is -2.02. The van der Waals surface area contributed by atoms with Crippen molar-refractivity contribution < 1.29 is 9.90 Å². The maximum Gasteiger partial charge on any atom is 0.303 e. The summed E-state index contributed by atoms with van der Waals surface area (Å²) >= 11 is 7.55. The molecule has 1 aromatic rings. The molecule has 1 atom stereocenters. The molecule has 0 heterocycles. The molecule has 0 fully saturated rings. The highest BCUT2D eigenvalue weighted by molar-refractivity contribution is 7.98. The van der Waals surface area contributed by atoms with E-state index < -0.39 is 5.97 Å². The maximum absolute atomic E-state index is 10.6. The van der Waals surface area contributed by atoms with Crippen LogP contribution < -0.4 is 0 Å². The third kappa shape index (κ3) is 3.76. The van der Waals surface area contributed by atoms with Crippen molar-refractivity contribution in [2.24, 2.45) is 0 Å². The topological polar surface area (TPSA) is 37.3 Å². The third-order valence-corrected chi connectivity index (χ3v) is 3.10. The highest BCUT2D eigenvalue weighted by Gasteiger charge is 2.11. The Morgan fingerprint density at radius 1 is 1.53 bits per heavy atom. The Morgan fingerprint density at radius 2 is 2.20 bits per heavy atom. The molecule has 82 valence electrons. The van der Waals surface area contributed by atoms with Crippen LogP contribution in [0, 0.1) is 0 Å². The molecule has 0 aliphatic rings. The number of thioether (sulfide) groups is 1. The SMILES string of the molecule is CSc1cc(Cl)cc(C(C)CC(=O)O)c1. The van der Waals surface area contributed by atoms with Crippen LogP contribution in [-0.4, -0.2) is 17.3 Å². The van der Waals surface area contributed by atoms with Crippen molar-refractivity contribution in [1.82, 2.24) is 0 Å². The molecule has 1 N–H and O–H groups in total. The number of carboxylic acid groups (broad SMARTS) is 1. The Labute approximate surface area is 98.6 Å². The normalized spacial score (nSPS) is 12.5. The Hall–Kier alpha value is -0.670. The van der Waals surface area contributed by atoms with Gasteiger partial charge in [0.15, 0.2) is 0 Å². The first-order valence-corrected chi connectivity index (χ1v) is 6.19. The molecule has 15 heavy (non-hydrogen) atoms. The molecular weight excluding hydrogens is 232 g/mol. The van der Waals surface area contributed by atoms with Crippen molar-refractivity contribution in [3.8, 4) is 0 Å². The van der Waals surface area contributed by atoms with Crippen molar-refractivity contribution in [2.75, 3.05) is 6.26 Å². The van der Waals surface area contributed by atoms with Crippen LogP contribution in [0.1, 0.15) is 24.8 Å². The van der Waals surface area contributed by atoms with Gasteiger partial charge in [-0.15, -0.1) is 11.8 Å². The van der Waals surface area contributed by atoms with E-state index in [1.807, 2.05) is 31.4 Å². The van der Waals surface area contributed by atoms with Gasteiger partial charge in [-0.2, -0.15) is 0 Å². The Morgan fingerprint density at radius 3 is 2.73 bits per heavy atom. The molecule has 0 aliphatic carbocycles. The molecule has 1 rings (SSSR count). The molecule has 4 heteroatoms. The van der Waals surface area contributed by atoms with Gasteiger partial charge in [0.25, 0.3) is 0 Å². The molecule has 0 aromatic heterocycles. The molecule has 0 saturated heterocycles. The zero-order valence-electron chi connectivity index (χ0n) is 8.66. The standard InChI is InChI=1S/C11H13ClO2S/c1-7(3-11(13)14)8-4-9(12)6-10(5-8)15-2/h4-7H,3H2,1-2H3,(H,13,14). The third-order valence-electron chi connectivity index (χ3n) is 2.18. The Bertz CT molecular complexity index is 366. The van der Waals surface area contributed by atoms with Crippen molar-refractivity contribution in [1.29, 1.82) is 0 Å². The Kier molecular flexibility index (Phi) is 4.48. The first-order chi connectivity index (χ1) is 7.02. The van der Waals surface area contributed by atoms with Gasteiger partial charge in [-0.05, 0) is 35.9 Å². The largest absolute Gasteiger partial charge is 0.481 e. The smallest absolute Gasteiger partial charge is 0.303 e. The van der Waals surface area contributed by atoms with Gasteiger partial charge in [0.1, 0.15) is 0 Å². The van der Waals surface area contributed by atoms with E-state index in [2.05, 4.69) is 0 Å². The Balaban J connectivity index is 2.92. The van der Waals surface area contributed by atoms with Crippen LogP contribution in [0.15, 0.2) is 23.1 Å². The van der Waals surface area contributed by atoms with Crippen LogP contribution in [0.25, 0.3) is 0 Å². The molecule has 0 bridgehead atoms. The van der Waals surface area contributed by atoms with E-state index in [4.69, 9.17) is 16.7 Å². The zero-order chi connectivity index (χ0) is 11.4. The first-order valence-electron chi connectivity index (χ1n) is 4.59. The fourth-order valence-electron chi connectivity index (χ4n) is 1.37. The molecule has 0 radical (unpaired) electrons. The van der Waals surface area contributed by atoms with Crippen molar-refractivity contribution in [3.05, 3.63) is 28.8 Å². The fourth-order valence-corrected chi connectivity index (χ4v) is 2.17. The number of carbonyl (C=O) groups is 1. The number of hydrogen-bond acceptors (Lipinski definition) is 2. The van der Waals surface area contributed by atoms with Gasteiger partial charge in [-0.25, -0.2) is 0 Å². The quantitative estimate of drug-likeness (QED) is 0.822. The maximum atomic E-state index is 10.6. The second-order valence-electron chi connectivity index (χ2n) is 3.42. The summed E-state index contributed by atoms with van der Waals surface area (Å²) < 4.78 is 0. The molecule has 0 spiro atoms. The van der Waals surface area contributed by atoms with Crippen LogP contribution >= 0.6 is 23.4 Å². The number of rotatable bonds is 4. The summed E-state index contributed by atoms with van der Waals surface area (Å²) in [5, 5.41) is 9.36. The van der Waals surface area contributed by atoms with Crippen LogP contribution in [0.3, 0.4) is 0 Å². The van der Waals surface area contributed by atoms with E-state index in [9.17, 15) is 4.79 Å². The van der Waals surface area contributed by atoms with Crippen molar-refractivity contribution >= 4 is 29.3 Å². The fraction of sp³-hybridized carbons (Fsp3) is 0.364. The summed E-state index contributed by atoms with van der Waals surface area (Å²) in [4.78, 5) is 11.6. The van der Waals surface area contributed by atoms with E-state index in [-0.39, 0.29) is 12.3 Å². The number of halogens is 1. The minimum atomic E-state index is -0.784. The average molecular weight is 245 g/mol. The number of benzene rings is 1. The van der Waals surface area contributed by atoms with Gasteiger partial charge >= 0.3 is 5.97 Å². The van der Waals surface area contributed by atoms with Crippen molar-refractivity contribution in [3.63, 3.8) is 0 Å². The molecular formula is C11H13ClO2S. The molecule has 0 aliphatic heterocycles. The predicted octanol–water partition coefficient (Wildman–Crippen LogP) is 3.64. The monoisotopic (exact) mass is 244 g/mol. The van der Waals surface area contributed by atoms with Crippen LogP contribution in [0.2, 0.25) is 5.02 Å². The van der Waals surface area contributed by atoms with E-state index in [1.54, 1.807) is 11.8 Å². The lowest BCUT2D eigenvalue weighted by atomic mass is 9.98. The highest BCUT2D eigenvalue weighted by atomic mass is 35.5. The predicted molar refractivity (Wildman–Crippen MR) is 63.9 cm³/mol. The summed E-state index contributed by atoms with van der Waals surface area (Å²) in [5.74, 6) is -0.791. The zero-order valence-corrected chi connectivity index (χ0v) is 10.2. The van der Waals surface area contributed by atoms with Crippen LogP contribution in [0.5, 0.6) is 0 Å². The van der Waals surface area contributed by atoms with Crippen LogP contribution in [-0.2, 0) is 4.79 Å². The summed E-state index contributed by atoms with van der Waals surface area (Å²) in [6.07, 6.45) is 2.10. The highest BCUT2D eigenvalue weighted by Crippen LogP contribution is 2.27. The van der Waals surface area contributed by atoms with Gasteiger partial charge in [-0.3, -0.25) is 4.79 Å². The van der Waals surface area contributed by atoms with E-state index in [0.29, 0.717) is 5.02 Å². The molecule has 0 saturated carbocycles. The van der Waals surface area contributed by atoms with E-state index >= 15 is 0 Å². The molecule has 0 amide bonds.